The minimum atomic E-state index is 0.786. The normalized spacial score (nSPS) is 9.11. The van der Waals surface area contributed by atoms with Crippen LogP contribution in [0.15, 0.2) is 0 Å². The molecule has 0 unspecified atom stereocenters. The summed E-state index contributed by atoms with van der Waals surface area (Å²) in [4.78, 5) is 2.10. The third-order valence-electron chi connectivity index (χ3n) is 0.986. The molecule has 0 rings (SSSR count). The van der Waals surface area contributed by atoms with Gasteiger partial charge in [0.15, 0.2) is 6.19 Å². The van der Waals surface area contributed by atoms with Crippen LogP contribution in [0.25, 0.3) is 0 Å². The second-order valence-corrected chi connectivity index (χ2v) is 2.20. The number of nitrogens with one attached hydrogen (secondary N) is 1. The molecule has 1 N–H and O–H groups in total. The van der Waals surface area contributed by atoms with Crippen LogP contribution in [0.1, 0.15) is 6.42 Å². The second-order valence-electron chi connectivity index (χ2n) is 2.20. The van der Waals surface area contributed by atoms with Crippen LogP contribution in [0.4, 0.5) is 0 Å². The Labute approximate surface area is 56.3 Å². The molecule has 0 aromatic heterocycles. The van der Waals surface area contributed by atoms with E-state index in [1.165, 1.54) is 0 Å². The monoisotopic (exact) mass is 127 g/mol. The number of hydrogen-bond donors (Lipinski definition) is 1. The first-order valence-corrected chi connectivity index (χ1v) is 3.04. The van der Waals surface area contributed by atoms with Crippen LogP contribution in [-0.4, -0.2) is 32.1 Å². The highest BCUT2D eigenvalue weighted by molar-refractivity contribution is 4.64. The van der Waals surface area contributed by atoms with Crippen molar-refractivity contribution in [2.24, 2.45) is 0 Å². The predicted molar refractivity (Wildman–Crippen MR) is 36.8 cm³/mol. The second kappa shape index (κ2) is 5.39. The summed E-state index contributed by atoms with van der Waals surface area (Å²) in [6.45, 7) is 1.82. The lowest BCUT2D eigenvalue weighted by molar-refractivity contribution is 0.399. The lowest BCUT2D eigenvalue weighted by Crippen LogP contribution is -2.18. The zero-order valence-corrected chi connectivity index (χ0v) is 6.02. The van der Waals surface area contributed by atoms with Gasteiger partial charge in [0.1, 0.15) is 0 Å². The Morgan fingerprint density at radius 3 is 2.67 bits per heavy atom. The van der Waals surface area contributed by atoms with E-state index in [9.17, 15) is 0 Å². The van der Waals surface area contributed by atoms with Gasteiger partial charge < -0.3 is 10.2 Å². The fraction of sp³-hybridized carbons (Fsp3) is 0.833. The highest BCUT2D eigenvalue weighted by Gasteiger charge is 1.87. The van der Waals surface area contributed by atoms with E-state index in [0.29, 0.717) is 0 Å². The predicted octanol–water partition coefficient (Wildman–Crippen LogP) is 0.00878. The van der Waals surface area contributed by atoms with Crippen molar-refractivity contribution in [2.45, 2.75) is 6.42 Å². The molecule has 9 heavy (non-hydrogen) atoms. The lowest BCUT2D eigenvalue weighted by Gasteiger charge is -2.06. The van der Waals surface area contributed by atoms with Gasteiger partial charge in [0.25, 0.3) is 0 Å². The Hall–Kier alpha value is -0.750. The Balaban J connectivity index is 2.85. The number of nitriles is 1. The summed E-state index contributed by atoms with van der Waals surface area (Å²) in [7, 11) is 4.04. The first-order valence-electron chi connectivity index (χ1n) is 3.04. The molecule has 0 aromatic carbocycles. The van der Waals surface area contributed by atoms with Gasteiger partial charge in [0.2, 0.25) is 0 Å². The van der Waals surface area contributed by atoms with E-state index in [1.54, 1.807) is 0 Å². The van der Waals surface area contributed by atoms with Gasteiger partial charge in [0, 0.05) is 6.54 Å². The van der Waals surface area contributed by atoms with E-state index < -0.39 is 0 Å². The van der Waals surface area contributed by atoms with Crippen LogP contribution in [0.5, 0.6) is 0 Å². The van der Waals surface area contributed by atoms with Crippen LogP contribution in [0.2, 0.25) is 0 Å². The summed E-state index contributed by atoms with van der Waals surface area (Å²) >= 11 is 0. The van der Waals surface area contributed by atoms with Gasteiger partial charge in [-0.05, 0) is 27.1 Å². The lowest BCUT2D eigenvalue weighted by atomic mass is 10.4. The Bertz CT molecular complexity index is 93.0. The van der Waals surface area contributed by atoms with Gasteiger partial charge in [-0.1, -0.05) is 0 Å². The maximum Gasteiger partial charge on any atom is 0.176 e. The van der Waals surface area contributed by atoms with Gasteiger partial charge >= 0.3 is 0 Å². The van der Waals surface area contributed by atoms with E-state index in [1.807, 2.05) is 20.3 Å². The van der Waals surface area contributed by atoms with E-state index in [2.05, 4.69) is 10.2 Å². The molecule has 52 valence electrons. The number of nitrogens with zero attached hydrogens (tertiary/aromatic N) is 2. The summed E-state index contributed by atoms with van der Waals surface area (Å²) < 4.78 is 0. The van der Waals surface area contributed by atoms with Gasteiger partial charge in [-0.2, -0.15) is 5.26 Å². The minimum Gasteiger partial charge on any atom is -0.324 e. The molecule has 0 atom stereocenters. The van der Waals surface area contributed by atoms with E-state index in [4.69, 9.17) is 5.26 Å². The SMILES string of the molecule is CN(C)CCCNC#N. The Kier molecular flexibility index (Phi) is 4.94. The maximum absolute atomic E-state index is 8.06. The summed E-state index contributed by atoms with van der Waals surface area (Å²) in [6, 6.07) is 0. The molecule has 0 amide bonds. The Morgan fingerprint density at radius 2 is 2.22 bits per heavy atom. The average Bonchev–Trinajstić information content (AvgIpc) is 1.80. The van der Waals surface area contributed by atoms with Crippen molar-refractivity contribution in [1.82, 2.24) is 10.2 Å². The molecule has 0 heterocycles. The van der Waals surface area contributed by atoms with Crippen LogP contribution in [-0.2, 0) is 0 Å². The van der Waals surface area contributed by atoms with Gasteiger partial charge in [-0.3, -0.25) is 0 Å². The van der Waals surface area contributed by atoms with Crippen molar-refractivity contribution >= 4 is 0 Å². The van der Waals surface area contributed by atoms with Crippen molar-refractivity contribution in [2.75, 3.05) is 27.2 Å². The molecule has 0 saturated heterocycles. The highest BCUT2D eigenvalue weighted by Crippen LogP contribution is 1.78. The zero-order valence-electron chi connectivity index (χ0n) is 6.02. The minimum absolute atomic E-state index is 0.786. The fourth-order valence-corrected chi connectivity index (χ4v) is 0.540. The molecular formula is C6H13N3. The van der Waals surface area contributed by atoms with Crippen LogP contribution in [0, 0.1) is 11.5 Å². The van der Waals surface area contributed by atoms with Crippen LogP contribution < -0.4 is 5.32 Å². The van der Waals surface area contributed by atoms with Crippen molar-refractivity contribution < 1.29 is 0 Å². The van der Waals surface area contributed by atoms with Crippen molar-refractivity contribution in [3.8, 4) is 6.19 Å². The molecule has 0 bridgehead atoms. The van der Waals surface area contributed by atoms with Crippen molar-refractivity contribution in [1.29, 1.82) is 5.26 Å². The topological polar surface area (TPSA) is 39.1 Å². The van der Waals surface area contributed by atoms with E-state index in [0.717, 1.165) is 19.5 Å². The van der Waals surface area contributed by atoms with Gasteiger partial charge in [-0.15, -0.1) is 0 Å². The van der Waals surface area contributed by atoms with E-state index >= 15 is 0 Å². The Morgan fingerprint density at radius 1 is 1.56 bits per heavy atom. The smallest absolute Gasteiger partial charge is 0.176 e. The quantitative estimate of drug-likeness (QED) is 0.328. The molecule has 0 aliphatic carbocycles. The summed E-state index contributed by atoms with van der Waals surface area (Å²) in [5, 5.41) is 10.6. The molecule has 0 spiro atoms. The highest BCUT2D eigenvalue weighted by atomic mass is 15.0. The van der Waals surface area contributed by atoms with Crippen LogP contribution in [0.3, 0.4) is 0 Å². The molecule has 0 aliphatic rings. The van der Waals surface area contributed by atoms with E-state index in [-0.39, 0.29) is 0 Å². The maximum atomic E-state index is 8.06. The van der Waals surface area contributed by atoms with Gasteiger partial charge in [-0.25, -0.2) is 0 Å². The first-order chi connectivity index (χ1) is 4.27. The summed E-state index contributed by atoms with van der Waals surface area (Å²) in [5.41, 5.74) is 0. The number of rotatable bonds is 4. The fourth-order valence-electron chi connectivity index (χ4n) is 0.540. The zero-order chi connectivity index (χ0) is 7.11. The molecule has 0 aliphatic heterocycles. The largest absolute Gasteiger partial charge is 0.324 e. The third-order valence-corrected chi connectivity index (χ3v) is 0.986. The van der Waals surface area contributed by atoms with Crippen molar-refractivity contribution in [3.63, 3.8) is 0 Å². The summed E-state index contributed by atoms with van der Waals surface area (Å²) in [6.07, 6.45) is 2.90. The third kappa shape index (κ3) is 7.25. The summed E-state index contributed by atoms with van der Waals surface area (Å²) in [5.74, 6) is 0. The molecule has 0 aromatic rings. The molecule has 3 nitrogen and oxygen atoms in total. The average molecular weight is 127 g/mol. The standard InChI is InChI=1S/C6H13N3/c1-9(2)5-3-4-8-6-7/h8H,3-5H2,1-2H3. The molecular weight excluding hydrogens is 114 g/mol. The van der Waals surface area contributed by atoms with Crippen molar-refractivity contribution in [3.05, 3.63) is 0 Å². The molecule has 0 radical (unpaired) electrons. The molecule has 3 heteroatoms. The van der Waals surface area contributed by atoms with Gasteiger partial charge in [0.05, 0.1) is 0 Å². The molecule has 0 saturated carbocycles. The molecule has 0 fully saturated rings. The number of hydrogen-bond acceptors (Lipinski definition) is 3. The van der Waals surface area contributed by atoms with Crippen LogP contribution >= 0.6 is 0 Å². The first kappa shape index (κ1) is 8.25.